The maximum Gasteiger partial charge on any atom is 0.306 e. The van der Waals surface area contributed by atoms with Gasteiger partial charge in [-0.05, 0) is 38.8 Å². The highest BCUT2D eigenvalue weighted by Gasteiger charge is 2.26. The minimum atomic E-state index is -0.716. The molecule has 1 aromatic rings. The van der Waals surface area contributed by atoms with E-state index in [1.807, 2.05) is 6.08 Å². The zero-order valence-corrected chi connectivity index (χ0v) is 15.1. The van der Waals surface area contributed by atoms with Crippen molar-refractivity contribution in [3.63, 3.8) is 0 Å². The first-order valence-corrected chi connectivity index (χ1v) is 8.74. The van der Waals surface area contributed by atoms with Crippen molar-refractivity contribution in [1.29, 1.82) is 5.26 Å². The number of nitriles is 1. The van der Waals surface area contributed by atoms with Crippen LogP contribution in [-0.2, 0) is 4.79 Å². The number of hydrogen-bond donors (Lipinski definition) is 1. The number of hydrogen-bond acceptors (Lipinski definition) is 6. The molecule has 0 aromatic carbocycles. The van der Waals surface area contributed by atoms with Crippen LogP contribution in [0.25, 0.3) is 0 Å². The summed E-state index contributed by atoms with van der Waals surface area (Å²) in [6.45, 7) is 5.90. The molecule has 0 bridgehead atoms. The van der Waals surface area contributed by atoms with Crippen molar-refractivity contribution in [3.05, 3.63) is 30.5 Å². The van der Waals surface area contributed by atoms with Gasteiger partial charge >= 0.3 is 5.97 Å². The predicted octanol–water partition coefficient (Wildman–Crippen LogP) is 2.47. The molecule has 1 fully saturated rings. The number of aliphatic carboxylic acids is 1. The van der Waals surface area contributed by atoms with E-state index in [1.54, 1.807) is 12.3 Å². The zero-order valence-electron chi connectivity index (χ0n) is 15.1. The Morgan fingerprint density at radius 3 is 2.88 bits per heavy atom. The molecular weight excluding hydrogens is 334 g/mol. The summed E-state index contributed by atoms with van der Waals surface area (Å²) in [5, 5.41) is 18.5. The number of piperidine rings is 1. The summed E-state index contributed by atoms with van der Waals surface area (Å²) in [5.41, 5.74) is 0.281. The second-order valence-corrected chi connectivity index (χ2v) is 6.32. The van der Waals surface area contributed by atoms with Crippen LogP contribution >= 0.6 is 0 Å². The first-order chi connectivity index (χ1) is 12.6. The lowest BCUT2D eigenvalue weighted by Crippen LogP contribution is -2.42. The van der Waals surface area contributed by atoms with E-state index in [0.29, 0.717) is 25.1 Å². The number of rotatable bonds is 9. The average Bonchev–Trinajstić information content (AvgIpc) is 2.66. The fourth-order valence-corrected chi connectivity index (χ4v) is 3.10. The molecule has 140 valence electrons. The van der Waals surface area contributed by atoms with Gasteiger partial charge in [0.15, 0.2) is 5.56 Å². The highest BCUT2D eigenvalue weighted by atomic mass is 16.5. The number of carboxylic acid groups (broad SMARTS) is 1. The lowest BCUT2D eigenvalue weighted by atomic mass is 9.97. The Hall–Kier alpha value is -2.59. The molecule has 0 radical (unpaired) electrons. The Morgan fingerprint density at radius 2 is 2.31 bits per heavy atom. The van der Waals surface area contributed by atoms with Crippen LogP contribution in [0.1, 0.15) is 31.2 Å². The first kappa shape index (κ1) is 19.7. The van der Waals surface area contributed by atoms with Crippen LogP contribution in [0.5, 0.6) is 11.6 Å². The van der Waals surface area contributed by atoms with E-state index in [9.17, 15) is 10.1 Å². The third kappa shape index (κ3) is 5.20. The molecule has 1 aromatic heterocycles. The summed E-state index contributed by atoms with van der Waals surface area (Å²) in [5.74, 6) is -0.274. The van der Waals surface area contributed by atoms with Gasteiger partial charge in [-0.1, -0.05) is 6.08 Å². The average molecular weight is 359 g/mol. The van der Waals surface area contributed by atoms with E-state index in [1.165, 1.54) is 7.11 Å². The van der Waals surface area contributed by atoms with Crippen LogP contribution in [0.3, 0.4) is 0 Å². The summed E-state index contributed by atoms with van der Waals surface area (Å²) in [4.78, 5) is 17.3. The van der Waals surface area contributed by atoms with Gasteiger partial charge in [0.05, 0.1) is 13.0 Å². The minimum Gasteiger partial charge on any atom is -0.487 e. The van der Waals surface area contributed by atoms with Crippen LogP contribution in [-0.4, -0.2) is 53.8 Å². The Bertz CT molecular complexity index is 663. The molecule has 1 aliphatic heterocycles. The van der Waals surface area contributed by atoms with Crippen molar-refractivity contribution in [2.45, 2.75) is 31.8 Å². The predicted molar refractivity (Wildman–Crippen MR) is 96.2 cm³/mol. The molecule has 1 saturated heterocycles. The Kier molecular flexibility index (Phi) is 7.42. The number of allylic oxidation sites excluding steroid dienone is 1. The molecule has 2 heterocycles. The summed E-state index contributed by atoms with van der Waals surface area (Å²) in [6, 6.07) is 3.75. The molecule has 0 spiro atoms. The van der Waals surface area contributed by atoms with E-state index in [0.717, 1.165) is 25.9 Å². The highest BCUT2D eigenvalue weighted by Crippen LogP contribution is 2.27. The fourth-order valence-electron chi connectivity index (χ4n) is 3.10. The molecule has 26 heavy (non-hydrogen) atoms. The van der Waals surface area contributed by atoms with E-state index < -0.39 is 5.97 Å². The number of ether oxygens (including phenoxy) is 2. The third-order valence-corrected chi connectivity index (χ3v) is 4.57. The van der Waals surface area contributed by atoms with Gasteiger partial charge in [0.2, 0.25) is 5.88 Å². The maximum absolute atomic E-state index is 11.1. The third-order valence-electron chi connectivity index (χ3n) is 4.57. The monoisotopic (exact) mass is 359 g/mol. The van der Waals surface area contributed by atoms with Crippen LogP contribution in [0.15, 0.2) is 24.9 Å². The van der Waals surface area contributed by atoms with E-state index >= 15 is 0 Å². The number of carbonyl (C=O) groups is 1. The molecular formula is C19H25N3O4. The normalized spacial score (nSPS) is 16.5. The Labute approximate surface area is 153 Å². The van der Waals surface area contributed by atoms with Gasteiger partial charge in [-0.2, -0.15) is 5.26 Å². The van der Waals surface area contributed by atoms with E-state index in [2.05, 4.69) is 22.5 Å². The van der Waals surface area contributed by atoms with Gasteiger partial charge in [0, 0.05) is 18.8 Å². The van der Waals surface area contributed by atoms with Gasteiger partial charge in [0.25, 0.3) is 0 Å². The van der Waals surface area contributed by atoms with Crippen molar-refractivity contribution < 1.29 is 19.4 Å². The van der Waals surface area contributed by atoms with Gasteiger partial charge in [0.1, 0.15) is 17.9 Å². The summed E-state index contributed by atoms with van der Waals surface area (Å²) >= 11 is 0. The number of methoxy groups -OCH3 is 1. The van der Waals surface area contributed by atoms with Crippen molar-refractivity contribution in [2.24, 2.45) is 5.92 Å². The van der Waals surface area contributed by atoms with Crippen LogP contribution in [0.2, 0.25) is 0 Å². The topological polar surface area (TPSA) is 95.7 Å². The zero-order chi connectivity index (χ0) is 18.9. The molecule has 1 N–H and O–H groups in total. The number of carboxylic acids is 1. The number of likely N-dealkylation sites (tertiary alicyclic amines) is 1. The second-order valence-electron chi connectivity index (χ2n) is 6.32. The van der Waals surface area contributed by atoms with E-state index in [-0.39, 0.29) is 23.5 Å². The minimum absolute atomic E-state index is 0.131. The van der Waals surface area contributed by atoms with Gasteiger partial charge in [-0.25, -0.2) is 4.98 Å². The molecule has 0 aliphatic carbocycles. The van der Waals surface area contributed by atoms with Crippen molar-refractivity contribution in [2.75, 3.05) is 26.7 Å². The summed E-state index contributed by atoms with van der Waals surface area (Å²) in [6.07, 6.45) is 6.11. The SMILES string of the molecule is C=CCC[C@H](CN1CCC(C(=O)O)CC1)Oc1ccnc(OC)c1C#N. The van der Waals surface area contributed by atoms with Crippen molar-refractivity contribution in [1.82, 2.24) is 9.88 Å². The summed E-state index contributed by atoms with van der Waals surface area (Å²) in [7, 11) is 1.47. The molecule has 0 amide bonds. The van der Waals surface area contributed by atoms with Crippen LogP contribution < -0.4 is 9.47 Å². The largest absolute Gasteiger partial charge is 0.487 e. The van der Waals surface area contributed by atoms with Crippen molar-refractivity contribution in [3.8, 4) is 17.7 Å². The fraction of sp³-hybridized carbons (Fsp3) is 0.526. The molecule has 2 rings (SSSR count). The van der Waals surface area contributed by atoms with Crippen molar-refractivity contribution >= 4 is 5.97 Å². The van der Waals surface area contributed by atoms with Gasteiger partial charge in [-0.15, -0.1) is 6.58 Å². The Balaban J connectivity index is 2.05. The number of aromatic nitrogens is 1. The standard InChI is InChI=1S/C19H25N3O4/c1-3-4-5-15(13-22-10-7-14(8-11-22)19(23)24)26-17-6-9-21-18(25-2)16(17)12-20/h3,6,9,14-15H,1,4-5,7-8,10-11,13H2,2H3,(H,23,24)/t15-/m1/s1. The summed E-state index contributed by atoms with van der Waals surface area (Å²) < 4.78 is 11.2. The molecule has 7 heteroatoms. The number of nitrogens with zero attached hydrogens (tertiary/aromatic N) is 3. The smallest absolute Gasteiger partial charge is 0.306 e. The van der Waals surface area contributed by atoms with Crippen LogP contribution in [0.4, 0.5) is 0 Å². The second kappa shape index (κ2) is 9.78. The Morgan fingerprint density at radius 1 is 1.58 bits per heavy atom. The molecule has 0 unspecified atom stereocenters. The highest BCUT2D eigenvalue weighted by molar-refractivity contribution is 5.70. The van der Waals surface area contributed by atoms with E-state index in [4.69, 9.17) is 14.6 Å². The first-order valence-electron chi connectivity index (χ1n) is 8.74. The lowest BCUT2D eigenvalue weighted by molar-refractivity contribution is -0.143. The molecule has 0 saturated carbocycles. The molecule has 7 nitrogen and oxygen atoms in total. The maximum atomic E-state index is 11.1. The lowest BCUT2D eigenvalue weighted by Gasteiger charge is -2.33. The molecule has 1 atom stereocenters. The van der Waals surface area contributed by atoms with Gasteiger partial charge in [-0.3, -0.25) is 9.69 Å². The van der Waals surface area contributed by atoms with Crippen LogP contribution in [0, 0.1) is 17.2 Å². The molecule has 1 aliphatic rings. The quantitative estimate of drug-likeness (QED) is 0.677. The van der Waals surface area contributed by atoms with Gasteiger partial charge < -0.3 is 14.6 Å². The number of pyridine rings is 1.